The van der Waals surface area contributed by atoms with Crippen molar-refractivity contribution in [3.05, 3.63) is 54.3 Å². The second kappa shape index (κ2) is 6.66. The lowest BCUT2D eigenvalue weighted by Gasteiger charge is -2.21. The number of benzene rings is 2. The van der Waals surface area contributed by atoms with Crippen molar-refractivity contribution in [2.75, 3.05) is 21.7 Å². The van der Waals surface area contributed by atoms with Crippen molar-refractivity contribution in [3.8, 4) is 0 Å². The summed E-state index contributed by atoms with van der Waals surface area (Å²) in [5.74, 6) is -0.431. The number of aliphatic hydroxyl groups is 1. The lowest BCUT2D eigenvalue weighted by molar-refractivity contribution is 0.176. The lowest BCUT2D eigenvalue weighted by atomic mass is 10.2. The summed E-state index contributed by atoms with van der Waals surface area (Å²) < 4.78 is 30.2. The molecule has 0 amide bonds. The second-order valence-corrected chi connectivity index (χ2v) is 6.51. The summed E-state index contributed by atoms with van der Waals surface area (Å²) in [6, 6.07) is 13.5. The zero-order chi connectivity index (χ0) is 16.4. The molecule has 2 aromatic carbocycles. The first kappa shape index (κ1) is 15.9. The van der Waals surface area contributed by atoms with Crippen LogP contribution in [-0.4, -0.2) is 28.5 Å². The average Bonchev–Trinajstić information content (AvgIpc) is 2.85. The third-order valence-corrected chi connectivity index (χ3v) is 5.18. The van der Waals surface area contributed by atoms with E-state index in [0.717, 1.165) is 5.69 Å². The monoisotopic (exact) mass is 335 g/mol. The quantitative estimate of drug-likeness (QED) is 0.879. The topological polar surface area (TPSA) is 69.8 Å². The molecule has 1 aliphatic heterocycles. The number of aliphatic hydroxyl groups excluding tert-OH is 1. The van der Waals surface area contributed by atoms with E-state index in [9.17, 15) is 13.7 Å². The van der Waals surface area contributed by atoms with Gasteiger partial charge in [-0.3, -0.25) is 4.31 Å². The van der Waals surface area contributed by atoms with Crippen LogP contribution in [-0.2, 0) is 11.2 Å². The normalized spacial score (nSPS) is 18.1. The van der Waals surface area contributed by atoms with Crippen LogP contribution in [0.2, 0.25) is 0 Å². The van der Waals surface area contributed by atoms with E-state index in [1.807, 2.05) is 18.2 Å². The number of nitrogens with two attached hydrogens (primary N) is 1. The van der Waals surface area contributed by atoms with Crippen molar-refractivity contribution in [1.82, 2.24) is 0 Å². The molecule has 0 aromatic heterocycles. The number of nitrogens with zero attached hydrogens (tertiary/aromatic N) is 2. The van der Waals surface area contributed by atoms with E-state index >= 15 is 0 Å². The highest BCUT2D eigenvalue weighted by Crippen LogP contribution is 2.43. The Labute approximate surface area is 136 Å². The summed E-state index contributed by atoms with van der Waals surface area (Å²) in [5.41, 5.74) is 7.11. The third-order valence-electron chi connectivity index (χ3n) is 3.72. The fourth-order valence-corrected chi connectivity index (χ4v) is 3.95. The molecule has 0 spiro atoms. The zero-order valence-electron chi connectivity index (χ0n) is 12.4. The molecule has 3 rings (SSSR count). The number of halogens is 1. The van der Waals surface area contributed by atoms with Crippen LogP contribution < -0.4 is 14.3 Å². The highest BCUT2D eigenvalue weighted by molar-refractivity contribution is 7.88. The van der Waals surface area contributed by atoms with Crippen LogP contribution in [0.1, 0.15) is 6.42 Å². The largest absolute Gasteiger partial charge is 0.392 e. The van der Waals surface area contributed by atoms with E-state index in [1.165, 1.54) is 10.4 Å². The standard InChI is InChI=1S/C16H18FN3O2S/c17-13-5-1-2-6-14(13)20-16-8-4-3-7-15(16)19(23(20)22)10-9-12(21)11-18/h1-8,12,21H,9-11,18H2. The molecule has 1 aliphatic rings. The van der Waals surface area contributed by atoms with Crippen molar-refractivity contribution in [3.63, 3.8) is 0 Å². The molecule has 23 heavy (non-hydrogen) atoms. The molecule has 7 heteroatoms. The average molecular weight is 335 g/mol. The van der Waals surface area contributed by atoms with E-state index in [-0.39, 0.29) is 12.2 Å². The Morgan fingerprint density at radius 1 is 1.09 bits per heavy atom. The minimum atomic E-state index is -1.60. The zero-order valence-corrected chi connectivity index (χ0v) is 13.2. The van der Waals surface area contributed by atoms with Gasteiger partial charge >= 0.3 is 0 Å². The molecule has 0 radical (unpaired) electrons. The molecule has 2 unspecified atom stereocenters. The molecular formula is C16H18FN3O2S. The van der Waals surface area contributed by atoms with Gasteiger partial charge < -0.3 is 10.8 Å². The predicted octanol–water partition coefficient (Wildman–Crippen LogP) is 2.07. The van der Waals surface area contributed by atoms with Crippen LogP contribution in [0.25, 0.3) is 0 Å². The Hall–Kier alpha value is -1.96. The molecule has 2 aromatic rings. The lowest BCUT2D eigenvalue weighted by Crippen LogP contribution is -2.33. The van der Waals surface area contributed by atoms with Gasteiger partial charge in [-0.25, -0.2) is 12.9 Å². The van der Waals surface area contributed by atoms with Gasteiger partial charge in [0.05, 0.1) is 23.2 Å². The van der Waals surface area contributed by atoms with Gasteiger partial charge in [-0.1, -0.05) is 24.3 Å². The maximum atomic E-state index is 14.2. The molecule has 3 N–H and O–H groups in total. The summed E-state index contributed by atoms with van der Waals surface area (Å²) in [5, 5.41) is 9.66. The Bertz CT molecular complexity index is 728. The molecule has 0 saturated carbocycles. The molecule has 0 aliphatic carbocycles. The summed E-state index contributed by atoms with van der Waals surface area (Å²) in [6.45, 7) is 0.520. The molecule has 2 atom stereocenters. The molecular weight excluding hydrogens is 317 g/mol. The minimum Gasteiger partial charge on any atom is -0.392 e. The van der Waals surface area contributed by atoms with Crippen molar-refractivity contribution in [1.29, 1.82) is 0 Å². The van der Waals surface area contributed by atoms with Crippen LogP contribution >= 0.6 is 0 Å². The van der Waals surface area contributed by atoms with E-state index in [0.29, 0.717) is 18.7 Å². The molecule has 1 heterocycles. The molecule has 5 nitrogen and oxygen atoms in total. The summed E-state index contributed by atoms with van der Waals surface area (Å²) in [4.78, 5) is 0. The summed E-state index contributed by atoms with van der Waals surface area (Å²) in [6.07, 6.45) is -0.261. The Balaban J connectivity index is 1.97. The summed E-state index contributed by atoms with van der Waals surface area (Å²) >= 11 is -1.60. The third kappa shape index (κ3) is 2.95. The molecule has 0 bridgehead atoms. The van der Waals surface area contributed by atoms with Crippen LogP contribution in [0.3, 0.4) is 0 Å². The number of hydrogen-bond acceptors (Lipinski definition) is 3. The predicted molar refractivity (Wildman–Crippen MR) is 90.1 cm³/mol. The highest BCUT2D eigenvalue weighted by atomic mass is 32.2. The smallest absolute Gasteiger partial charge is 0.230 e. The van der Waals surface area contributed by atoms with E-state index in [4.69, 9.17) is 5.73 Å². The van der Waals surface area contributed by atoms with Crippen LogP contribution in [0.4, 0.5) is 21.5 Å². The highest BCUT2D eigenvalue weighted by Gasteiger charge is 2.35. The van der Waals surface area contributed by atoms with Gasteiger partial charge in [0.1, 0.15) is 5.82 Å². The maximum absolute atomic E-state index is 14.2. The van der Waals surface area contributed by atoms with Gasteiger partial charge in [0, 0.05) is 13.1 Å². The van der Waals surface area contributed by atoms with E-state index in [1.54, 1.807) is 28.6 Å². The Morgan fingerprint density at radius 3 is 2.35 bits per heavy atom. The first-order chi connectivity index (χ1) is 11.1. The van der Waals surface area contributed by atoms with Gasteiger partial charge in [0.2, 0.25) is 11.2 Å². The summed E-state index contributed by atoms with van der Waals surface area (Å²) in [7, 11) is 0. The Kier molecular flexibility index (Phi) is 4.61. The van der Waals surface area contributed by atoms with E-state index < -0.39 is 23.1 Å². The van der Waals surface area contributed by atoms with Gasteiger partial charge in [-0.2, -0.15) is 0 Å². The molecule has 122 valence electrons. The van der Waals surface area contributed by atoms with E-state index in [2.05, 4.69) is 0 Å². The van der Waals surface area contributed by atoms with Gasteiger partial charge in [0.25, 0.3) is 0 Å². The number of fused-ring (bicyclic) bond motifs is 1. The van der Waals surface area contributed by atoms with Crippen LogP contribution in [0.15, 0.2) is 48.5 Å². The number of hydrogen-bond donors (Lipinski definition) is 2. The number of rotatable bonds is 5. The Morgan fingerprint density at radius 2 is 1.70 bits per heavy atom. The number of para-hydroxylation sites is 3. The van der Waals surface area contributed by atoms with Crippen molar-refractivity contribution in [2.45, 2.75) is 12.5 Å². The second-order valence-electron chi connectivity index (χ2n) is 5.25. The van der Waals surface area contributed by atoms with Crippen LogP contribution in [0, 0.1) is 5.82 Å². The van der Waals surface area contributed by atoms with Gasteiger partial charge in [-0.05, 0) is 30.7 Å². The maximum Gasteiger partial charge on any atom is 0.230 e. The number of anilines is 3. The van der Waals surface area contributed by atoms with Crippen molar-refractivity contribution < 1.29 is 13.7 Å². The van der Waals surface area contributed by atoms with Crippen LogP contribution in [0.5, 0.6) is 0 Å². The molecule has 0 saturated heterocycles. The van der Waals surface area contributed by atoms with Crippen molar-refractivity contribution in [2.24, 2.45) is 5.73 Å². The first-order valence-electron chi connectivity index (χ1n) is 7.35. The molecule has 0 fully saturated rings. The fourth-order valence-electron chi connectivity index (χ4n) is 2.53. The van der Waals surface area contributed by atoms with Gasteiger partial charge in [0.15, 0.2) is 0 Å². The minimum absolute atomic E-state index is 0.152. The first-order valence-corrected chi connectivity index (χ1v) is 8.41. The SMILES string of the molecule is NCC(O)CCN1c2ccccc2N(c2ccccc2F)S1=O. The van der Waals surface area contributed by atoms with Crippen molar-refractivity contribution >= 4 is 28.2 Å². The fraction of sp³-hybridized carbons (Fsp3) is 0.250. The van der Waals surface area contributed by atoms with Gasteiger partial charge in [-0.15, -0.1) is 0 Å².